The lowest BCUT2D eigenvalue weighted by Crippen LogP contribution is -2.60. The molecule has 95 heavy (non-hydrogen) atoms. The summed E-state index contributed by atoms with van der Waals surface area (Å²) in [6, 6.07) is -15.9. The number of primary amides is 2. The Kier molecular flexibility index (Phi) is 31.9. The van der Waals surface area contributed by atoms with Gasteiger partial charge in [0, 0.05) is 26.2 Å². The van der Waals surface area contributed by atoms with E-state index in [1.165, 1.54) is 33.4 Å². The normalized spacial score (nSPS) is 20.5. The number of nitrogens with zero attached hydrogens (tertiary/aromatic N) is 4. The van der Waals surface area contributed by atoms with Gasteiger partial charge in [-0.05, 0) is 96.0 Å². The molecule has 0 aliphatic carbocycles. The third-order valence-corrected chi connectivity index (χ3v) is 16.9. The fourth-order valence-electron chi connectivity index (χ4n) is 11.3. The van der Waals surface area contributed by atoms with Crippen LogP contribution in [0.4, 0.5) is 0 Å². The van der Waals surface area contributed by atoms with Crippen molar-refractivity contribution >= 4 is 106 Å². The van der Waals surface area contributed by atoms with Crippen LogP contribution in [0.15, 0.2) is 0 Å². The molecular weight excluding hydrogens is 1270 g/mol. The third-order valence-electron chi connectivity index (χ3n) is 16.3. The van der Waals surface area contributed by atoms with Crippen LogP contribution in [0, 0.1) is 5.92 Å². The SMILES string of the molecule is CSCC[C@H](NC(=O)[C@@H](N)CC(C)C)C(=O)N[C@@H](CC(N)=O)C(=O)N[C@H](C(=O)NCC(=O)NCC(=O)N1CCC[C@H]1C(=O)N[C@@H](CO)C(=O)N[C@@H](CO)C(=O)NCC(=O)N[C@@H](C)C(=O)N1CCC[C@H]1C(=O)N1CCC[C@H]1C(=O)N1CCC[C@H]1C(=O)N[C@@H](CO)C(N)=O)[C@@H](C)O. The van der Waals surface area contributed by atoms with Crippen LogP contribution < -0.4 is 70.4 Å². The van der Waals surface area contributed by atoms with Crippen LogP contribution in [-0.2, 0) is 76.7 Å². The minimum atomic E-state index is -1.78. The first-order valence-corrected chi connectivity index (χ1v) is 32.8. The number of nitrogens with two attached hydrogens (primary N) is 3. The molecule has 16 amide bonds. The minimum Gasteiger partial charge on any atom is -0.394 e. The molecule has 0 bridgehead atoms. The summed E-state index contributed by atoms with van der Waals surface area (Å²) in [5.74, 6) is -13.5. The molecule has 20 N–H and O–H groups in total. The van der Waals surface area contributed by atoms with Gasteiger partial charge in [-0.2, -0.15) is 11.8 Å². The van der Waals surface area contributed by atoms with E-state index in [1.54, 1.807) is 6.26 Å². The number of rotatable bonds is 36. The van der Waals surface area contributed by atoms with Gasteiger partial charge in [0.2, 0.25) is 94.5 Å². The van der Waals surface area contributed by atoms with Crippen LogP contribution in [-0.4, -0.2) is 291 Å². The summed E-state index contributed by atoms with van der Waals surface area (Å²) < 4.78 is 0. The zero-order chi connectivity index (χ0) is 71.0. The molecule has 4 aliphatic rings. The van der Waals surface area contributed by atoms with Gasteiger partial charge in [0.15, 0.2) is 0 Å². The maximum atomic E-state index is 14.1. The predicted octanol–water partition coefficient (Wildman–Crippen LogP) is -10.4. The van der Waals surface area contributed by atoms with Crippen molar-refractivity contribution in [1.82, 2.24) is 72.8 Å². The lowest BCUT2D eigenvalue weighted by atomic mass is 10.0. The first-order chi connectivity index (χ1) is 44.9. The fourth-order valence-corrected chi connectivity index (χ4v) is 11.7. The molecule has 0 aromatic heterocycles. The number of nitrogens with one attached hydrogen (secondary N) is 10. The highest BCUT2D eigenvalue weighted by molar-refractivity contribution is 7.98. The molecule has 4 aliphatic heterocycles. The Balaban J connectivity index is 1.24. The second-order valence-corrected chi connectivity index (χ2v) is 25.0. The van der Waals surface area contributed by atoms with Crippen LogP contribution in [0.2, 0.25) is 0 Å². The Hall–Kier alpha value is -8.33. The molecule has 4 heterocycles. The average molecular weight is 1370 g/mol. The lowest BCUT2D eigenvalue weighted by molar-refractivity contribution is -0.151. The third kappa shape index (κ3) is 23.2. The van der Waals surface area contributed by atoms with E-state index in [2.05, 4.69) is 53.2 Å². The van der Waals surface area contributed by atoms with E-state index in [-0.39, 0.29) is 70.6 Å². The Bertz CT molecular complexity index is 2820. The summed E-state index contributed by atoms with van der Waals surface area (Å²) in [7, 11) is 0. The molecule has 4 rings (SSSR count). The molecule has 13 atom stereocenters. The molecule has 532 valence electrons. The van der Waals surface area contributed by atoms with Crippen molar-refractivity contribution in [2.24, 2.45) is 23.1 Å². The fraction of sp³-hybridized carbons (Fsp3) is 0.719. The number of thioether (sulfide) groups is 1. The van der Waals surface area contributed by atoms with Crippen molar-refractivity contribution in [3.63, 3.8) is 0 Å². The van der Waals surface area contributed by atoms with Gasteiger partial charge in [-0.1, -0.05) is 13.8 Å². The van der Waals surface area contributed by atoms with Gasteiger partial charge in [-0.15, -0.1) is 0 Å². The second-order valence-electron chi connectivity index (χ2n) is 24.0. The zero-order valence-electron chi connectivity index (χ0n) is 53.9. The van der Waals surface area contributed by atoms with Crippen molar-refractivity contribution < 1.29 is 97.1 Å². The number of hydrogen-bond donors (Lipinski definition) is 17. The second kappa shape index (κ2) is 38.3. The Labute approximate surface area is 552 Å². The number of likely N-dealkylation sites (tertiary alicyclic amines) is 4. The molecule has 4 saturated heterocycles. The van der Waals surface area contributed by atoms with Gasteiger partial charge < -0.3 is 110 Å². The zero-order valence-corrected chi connectivity index (χ0v) is 54.7. The maximum Gasteiger partial charge on any atom is 0.246 e. The van der Waals surface area contributed by atoms with Crippen molar-refractivity contribution in [1.29, 1.82) is 0 Å². The van der Waals surface area contributed by atoms with Gasteiger partial charge in [-0.25, -0.2) is 0 Å². The van der Waals surface area contributed by atoms with Crippen molar-refractivity contribution in [2.45, 2.75) is 177 Å². The quantitative estimate of drug-likeness (QED) is 0.0277. The molecule has 0 aromatic rings. The highest BCUT2D eigenvalue weighted by Gasteiger charge is 2.47. The highest BCUT2D eigenvalue weighted by Crippen LogP contribution is 2.29. The first kappa shape index (κ1) is 79.1. The summed E-state index contributed by atoms with van der Waals surface area (Å²) in [5, 5.41) is 63.1. The Morgan fingerprint density at radius 3 is 1.48 bits per heavy atom. The summed E-state index contributed by atoms with van der Waals surface area (Å²) in [4.78, 5) is 216. The summed E-state index contributed by atoms with van der Waals surface area (Å²) in [5.41, 5.74) is 16.6. The van der Waals surface area contributed by atoms with Crippen molar-refractivity contribution in [3.8, 4) is 0 Å². The van der Waals surface area contributed by atoms with E-state index in [4.69, 9.17) is 17.2 Å². The first-order valence-electron chi connectivity index (χ1n) is 31.4. The smallest absolute Gasteiger partial charge is 0.246 e. The largest absolute Gasteiger partial charge is 0.394 e. The van der Waals surface area contributed by atoms with Gasteiger partial charge in [0.1, 0.15) is 66.5 Å². The maximum absolute atomic E-state index is 14.1. The van der Waals surface area contributed by atoms with Crippen LogP contribution in [0.3, 0.4) is 0 Å². The van der Waals surface area contributed by atoms with Gasteiger partial charge in [-0.3, -0.25) is 76.7 Å². The number of hydrogen-bond acceptors (Lipinski definition) is 22. The Morgan fingerprint density at radius 1 is 0.495 bits per heavy atom. The Morgan fingerprint density at radius 2 is 0.947 bits per heavy atom. The van der Waals surface area contributed by atoms with Crippen LogP contribution in [0.5, 0.6) is 0 Å². The molecule has 0 saturated carbocycles. The van der Waals surface area contributed by atoms with E-state index in [1.807, 2.05) is 13.8 Å². The predicted molar refractivity (Wildman–Crippen MR) is 334 cm³/mol. The molecule has 0 aromatic carbocycles. The lowest BCUT2D eigenvalue weighted by Gasteiger charge is -2.34. The molecule has 0 spiro atoms. The van der Waals surface area contributed by atoms with Gasteiger partial charge >= 0.3 is 0 Å². The van der Waals surface area contributed by atoms with Crippen LogP contribution in [0.25, 0.3) is 0 Å². The highest BCUT2D eigenvalue weighted by atomic mass is 32.2. The van der Waals surface area contributed by atoms with Crippen LogP contribution >= 0.6 is 11.8 Å². The molecule has 37 nitrogen and oxygen atoms in total. The number of carbonyl (C=O) groups excluding carboxylic acids is 16. The minimum absolute atomic E-state index is 0.00246. The van der Waals surface area contributed by atoms with E-state index in [0.29, 0.717) is 31.4 Å². The molecular formula is C57H93N17O20S. The van der Waals surface area contributed by atoms with E-state index >= 15 is 0 Å². The monoisotopic (exact) mass is 1370 g/mol. The average Bonchev–Trinajstić information content (AvgIpc) is 1.67. The number of aliphatic hydroxyl groups excluding tert-OH is 4. The summed E-state index contributed by atoms with van der Waals surface area (Å²) in [6.45, 7) is 1.54. The molecule has 4 fully saturated rings. The molecule has 38 heteroatoms. The summed E-state index contributed by atoms with van der Waals surface area (Å²) >= 11 is 1.36. The summed E-state index contributed by atoms with van der Waals surface area (Å²) in [6.07, 6.45) is 2.23. The standard InChI is InChI=1S/C57H93N17O20S/c1-28(2)20-31(58)47(84)65-32(14-19-95-5)49(86)66-33(21-41(59)79)50(87)70-45(30(4)78)54(91)63-22-42(80)61-24-44(82)71-15-6-10-37(71)52(89)69-36(27-77)51(88)68-35(26-76)48(85)62-23-43(81)64-29(3)55(92)73-17-8-12-39(73)57(94)74-18-9-13-40(74)56(93)72-16-7-11-38(72)53(90)67-34(25-75)46(60)83/h28-40,45,75-78H,6-27,58H2,1-5H3,(H2,59,79)(H2,60,83)(H,61,80)(H,62,85)(H,63,91)(H,64,81)(H,65,84)(H,66,86)(H,67,90)(H,68,88)(H,69,89)(H,70,87)/t29-,30+,31-,32-,33-,34-,35-,36-,37-,38-,39-,40-,45-/m0/s1. The number of amides is 16. The topological polar surface area (TPSA) is 565 Å². The molecule has 0 radical (unpaired) electrons. The van der Waals surface area contributed by atoms with E-state index in [0.717, 1.165) is 11.8 Å². The van der Waals surface area contributed by atoms with Gasteiger partial charge in [0.05, 0.1) is 58.0 Å². The van der Waals surface area contributed by atoms with Crippen molar-refractivity contribution in [3.05, 3.63) is 0 Å². The van der Waals surface area contributed by atoms with Crippen molar-refractivity contribution in [2.75, 3.05) is 77.6 Å². The number of carbonyl (C=O) groups is 16. The van der Waals surface area contributed by atoms with E-state index in [9.17, 15) is 97.1 Å². The van der Waals surface area contributed by atoms with E-state index < -0.39 is 219 Å². The molecule has 0 unspecified atom stereocenters. The number of aliphatic hydroxyl groups is 4. The van der Waals surface area contributed by atoms with Crippen LogP contribution in [0.1, 0.15) is 98.3 Å². The van der Waals surface area contributed by atoms with Gasteiger partial charge in [0.25, 0.3) is 0 Å².